The number of carbonyl (C=O) groups is 1. The number of hydrogen-bond acceptors (Lipinski definition) is 4. The van der Waals surface area contributed by atoms with Crippen LogP contribution in [0.15, 0.2) is 71.1 Å². The number of amides is 1. The predicted molar refractivity (Wildman–Crippen MR) is 119 cm³/mol. The maximum absolute atomic E-state index is 12.3. The van der Waals surface area contributed by atoms with Gasteiger partial charge in [-0.3, -0.25) is 4.79 Å². The van der Waals surface area contributed by atoms with E-state index in [2.05, 4.69) is 24.1 Å². The molecule has 4 rings (SSSR count). The summed E-state index contributed by atoms with van der Waals surface area (Å²) in [6, 6.07) is 21.2. The van der Waals surface area contributed by atoms with Crippen molar-refractivity contribution in [2.45, 2.75) is 26.7 Å². The van der Waals surface area contributed by atoms with E-state index in [4.69, 9.17) is 9.15 Å². The van der Waals surface area contributed by atoms with Gasteiger partial charge >= 0.3 is 0 Å². The Morgan fingerprint density at radius 2 is 1.73 bits per heavy atom. The van der Waals surface area contributed by atoms with Crippen LogP contribution >= 0.6 is 0 Å². The summed E-state index contributed by atoms with van der Waals surface area (Å²) in [6.07, 6.45) is 1.92. The maximum atomic E-state index is 12.3. The van der Waals surface area contributed by atoms with E-state index in [0.29, 0.717) is 17.3 Å². The number of fused-ring (bicyclic) bond motifs is 1. The van der Waals surface area contributed by atoms with Gasteiger partial charge in [-0.15, -0.1) is 0 Å². The Kier molecular flexibility index (Phi) is 5.80. The summed E-state index contributed by atoms with van der Waals surface area (Å²) in [6.45, 7) is 4.15. The lowest BCUT2D eigenvalue weighted by molar-refractivity contribution is -0.118. The van der Waals surface area contributed by atoms with Crippen LogP contribution in [0.1, 0.15) is 25.0 Å². The smallest absolute Gasteiger partial charge is 0.262 e. The Morgan fingerprint density at radius 3 is 2.50 bits per heavy atom. The van der Waals surface area contributed by atoms with Crippen LogP contribution in [0.2, 0.25) is 0 Å². The molecule has 0 radical (unpaired) electrons. The molecule has 0 spiro atoms. The zero-order valence-electron chi connectivity index (χ0n) is 17.1. The summed E-state index contributed by atoms with van der Waals surface area (Å²) in [7, 11) is 0. The molecular formula is C25H24N2O3. The molecule has 0 saturated heterocycles. The van der Waals surface area contributed by atoms with Gasteiger partial charge in [-0.25, -0.2) is 4.98 Å². The standard InChI is InChI=1S/C25H24N2O3/c1-3-17-8-11-21(12-9-17)29-16-24(28)26-20-7-5-6-19(15-20)25-27-22-14-18(4-2)10-13-23(22)30-25/h5-15H,3-4,16H2,1-2H3,(H,26,28). The van der Waals surface area contributed by atoms with Gasteiger partial charge in [0.25, 0.3) is 5.91 Å². The van der Waals surface area contributed by atoms with Crippen LogP contribution in [0, 0.1) is 0 Å². The lowest BCUT2D eigenvalue weighted by Crippen LogP contribution is -2.20. The van der Waals surface area contributed by atoms with Crippen molar-refractivity contribution in [1.29, 1.82) is 0 Å². The second kappa shape index (κ2) is 8.82. The Labute approximate surface area is 175 Å². The average Bonchev–Trinajstić information content (AvgIpc) is 3.21. The number of aromatic nitrogens is 1. The van der Waals surface area contributed by atoms with Crippen molar-refractivity contribution < 1.29 is 13.9 Å². The number of benzene rings is 3. The monoisotopic (exact) mass is 400 g/mol. The third-order valence-electron chi connectivity index (χ3n) is 4.96. The zero-order chi connectivity index (χ0) is 20.9. The minimum absolute atomic E-state index is 0.0572. The quantitative estimate of drug-likeness (QED) is 0.436. The SMILES string of the molecule is CCc1ccc(OCC(=O)Nc2cccc(-c3nc4cc(CC)ccc4o3)c2)cc1. The van der Waals surface area contributed by atoms with Crippen LogP contribution in [0.5, 0.6) is 5.75 Å². The number of rotatable bonds is 7. The van der Waals surface area contributed by atoms with Gasteiger partial charge in [0.05, 0.1) is 0 Å². The first kappa shape index (κ1) is 19.7. The average molecular weight is 400 g/mol. The van der Waals surface area contributed by atoms with E-state index >= 15 is 0 Å². The van der Waals surface area contributed by atoms with Gasteiger partial charge in [-0.05, 0) is 66.4 Å². The van der Waals surface area contributed by atoms with Gasteiger partial charge in [0.1, 0.15) is 11.3 Å². The van der Waals surface area contributed by atoms with Crippen LogP contribution in [-0.2, 0) is 17.6 Å². The highest BCUT2D eigenvalue weighted by Crippen LogP contribution is 2.27. The largest absolute Gasteiger partial charge is 0.484 e. The molecule has 30 heavy (non-hydrogen) atoms. The van der Waals surface area contributed by atoms with Crippen LogP contribution in [0.4, 0.5) is 5.69 Å². The molecule has 0 fully saturated rings. The number of nitrogens with one attached hydrogen (secondary N) is 1. The molecule has 5 heteroatoms. The first-order valence-corrected chi connectivity index (χ1v) is 10.2. The number of oxazole rings is 1. The van der Waals surface area contributed by atoms with Crippen molar-refractivity contribution >= 4 is 22.7 Å². The van der Waals surface area contributed by atoms with E-state index in [1.54, 1.807) is 0 Å². The van der Waals surface area contributed by atoms with Gasteiger partial charge in [0.2, 0.25) is 5.89 Å². The third kappa shape index (κ3) is 4.51. The fourth-order valence-corrected chi connectivity index (χ4v) is 3.21. The highest BCUT2D eigenvalue weighted by Gasteiger charge is 2.11. The fraction of sp³-hybridized carbons (Fsp3) is 0.200. The molecule has 3 aromatic carbocycles. The lowest BCUT2D eigenvalue weighted by Gasteiger charge is -2.08. The van der Waals surface area contributed by atoms with E-state index in [-0.39, 0.29) is 12.5 Å². The minimum atomic E-state index is -0.225. The Morgan fingerprint density at radius 1 is 0.967 bits per heavy atom. The van der Waals surface area contributed by atoms with Crippen molar-refractivity contribution in [2.24, 2.45) is 0 Å². The van der Waals surface area contributed by atoms with Crippen molar-refractivity contribution in [1.82, 2.24) is 4.98 Å². The van der Waals surface area contributed by atoms with E-state index in [9.17, 15) is 4.79 Å². The van der Waals surface area contributed by atoms with Crippen LogP contribution in [0.3, 0.4) is 0 Å². The molecule has 0 aliphatic heterocycles. The molecule has 1 N–H and O–H groups in total. The van der Waals surface area contributed by atoms with E-state index in [1.165, 1.54) is 11.1 Å². The molecule has 1 aromatic heterocycles. The number of hydrogen-bond donors (Lipinski definition) is 1. The van der Waals surface area contributed by atoms with Gasteiger partial charge < -0.3 is 14.5 Å². The van der Waals surface area contributed by atoms with Gasteiger partial charge in [0.15, 0.2) is 12.2 Å². The molecule has 1 heterocycles. The number of carbonyl (C=O) groups excluding carboxylic acids is 1. The van der Waals surface area contributed by atoms with Crippen LogP contribution in [0.25, 0.3) is 22.6 Å². The number of nitrogens with zero attached hydrogens (tertiary/aromatic N) is 1. The topological polar surface area (TPSA) is 64.4 Å². The first-order chi connectivity index (χ1) is 14.6. The fourth-order valence-electron chi connectivity index (χ4n) is 3.21. The number of aryl methyl sites for hydroxylation is 2. The summed E-state index contributed by atoms with van der Waals surface area (Å²) < 4.78 is 11.5. The van der Waals surface area contributed by atoms with Gasteiger partial charge in [0, 0.05) is 11.3 Å². The second-order valence-corrected chi connectivity index (χ2v) is 7.09. The Balaban J connectivity index is 1.43. The third-order valence-corrected chi connectivity index (χ3v) is 4.96. The second-order valence-electron chi connectivity index (χ2n) is 7.09. The summed E-state index contributed by atoms with van der Waals surface area (Å²) >= 11 is 0. The number of ether oxygens (including phenoxy) is 1. The van der Waals surface area contributed by atoms with E-state index in [0.717, 1.165) is 29.5 Å². The van der Waals surface area contributed by atoms with Crippen molar-refractivity contribution in [2.75, 3.05) is 11.9 Å². The van der Waals surface area contributed by atoms with Gasteiger partial charge in [-0.1, -0.05) is 38.1 Å². The summed E-state index contributed by atoms with van der Waals surface area (Å²) in [5.74, 6) is 0.979. The van der Waals surface area contributed by atoms with E-state index in [1.807, 2.05) is 66.7 Å². The van der Waals surface area contributed by atoms with Crippen LogP contribution < -0.4 is 10.1 Å². The number of anilines is 1. The van der Waals surface area contributed by atoms with Crippen molar-refractivity contribution in [3.8, 4) is 17.2 Å². The normalized spacial score (nSPS) is 10.9. The predicted octanol–water partition coefficient (Wildman–Crippen LogP) is 5.64. The van der Waals surface area contributed by atoms with Crippen molar-refractivity contribution in [3.05, 3.63) is 77.9 Å². The first-order valence-electron chi connectivity index (χ1n) is 10.2. The molecule has 0 aliphatic carbocycles. The van der Waals surface area contributed by atoms with Gasteiger partial charge in [-0.2, -0.15) is 0 Å². The van der Waals surface area contributed by atoms with Crippen molar-refractivity contribution in [3.63, 3.8) is 0 Å². The summed E-state index contributed by atoms with van der Waals surface area (Å²) in [4.78, 5) is 16.9. The molecule has 0 atom stereocenters. The van der Waals surface area contributed by atoms with Crippen LogP contribution in [-0.4, -0.2) is 17.5 Å². The molecule has 0 aliphatic rings. The molecule has 0 unspecified atom stereocenters. The van der Waals surface area contributed by atoms with E-state index < -0.39 is 0 Å². The molecule has 1 amide bonds. The zero-order valence-corrected chi connectivity index (χ0v) is 17.1. The molecule has 4 aromatic rings. The molecule has 5 nitrogen and oxygen atoms in total. The lowest BCUT2D eigenvalue weighted by atomic mass is 10.1. The molecular weight excluding hydrogens is 376 g/mol. The highest BCUT2D eigenvalue weighted by atomic mass is 16.5. The molecule has 0 saturated carbocycles. The summed E-state index contributed by atoms with van der Waals surface area (Å²) in [5, 5.41) is 2.86. The Hall–Kier alpha value is -3.60. The maximum Gasteiger partial charge on any atom is 0.262 e. The molecule has 0 bridgehead atoms. The highest BCUT2D eigenvalue weighted by molar-refractivity contribution is 5.92. The summed E-state index contributed by atoms with van der Waals surface area (Å²) in [5.41, 5.74) is 5.50. The molecule has 152 valence electrons. The Bertz CT molecular complexity index is 1160. The minimum Gasteiger partial charge on any atom is -0.484 e.